The molecule has 3 nitrogen and oxygen atoms in total. The zero-order valence-electron chi connectivity index (χ0n) is 11.2. The first-order valence-electron chi connectivity index (χ1n) is 6.56. The van der Waals surface area contributed by atoms with Crippen LogP contribution in [0.2, 0.25) is 0 Å². The molecule has 1 atom stereocenters. The molecule has 0 aliphatic carbocycles. The Kier molecular flexibility index (Phi) is 4.55. The van der Waals surface area contributed by atoms with E-state index < -0.39 is 0 Å². The maximum Gasteiger partial charge on any atom is 0.123 e. The van der Waals surface area contributed by atoms with E-state index in [0.29, 0.717) is 6.04 Å². The van der Waals surface area contributed by atoms with Crippen LogP contribution in [-0.2, 0) is 0 Å². The highest BCUT2D eigenvalue weighted by molar-refractivity contribution is 5.46. The second-order valence-corrected chi connectivity index (χ2v) is 4.95. The van der Waals surface area contributed by atoms with Crippen molar-refractivity contribution in [3.8, 4) is 0 Å². The minimum atomic E-state index is -0.167. The van der Waals surface area contributed by atoms with E-state index in [9.17, 15) is 4.39 Å². The molecule has 1 fully saturated rings. The second-order valence-electron chi connectivity index (χ2n) is 4.95. The minimum absolute atomic E-state index is 0.167. The highest BCUT2D eigenvalue weighted by Gasteiger charge is 2.23. The van der Waals surface area contributed by atoms with Crippen LogP contribution in [0.3, 0.4) is 0 Å². The Hall–Kier alpha value is -1.13. The number of hydrogen-bond acceptors (Lipinski definition) is 3. The Bertz CT molecular complexity index is 366. The van der Waals surface area contributed by atoms with Crippen molar-refractivity contribution in [2.45, 2.75) is 12.5 Å². The first-order valence-corrected chi connectivity index (χ1v) is 6.56. The van der Waals surface area contributed by atoms with E-state index in [-0.39, 0.29) is 5.82 Å². The molecule has 1 N–H and O–H groups in total. The molecule has 1 saturated heterocycles. The quantitative estimate of drug-likeness (QED) is 0.876. The van der Waals surface area contributed by atoms with Crippen LogP contribution >= 0.6 is 0 Å². The number of nitrogens with one attached hydrogen (secondary N) is 1. The number of rotatable bonds is 4. The third-order valence-electron chi connectivity index (χ3n) is 3.70. The number of anilines is 1. The topological polar surface area (TPSA) is 18.5 Å². The van der Waals surface area contributed by atoms with Gasteiger partial charge in [0.25, 0.3) is 0 Å². The fourth-order valence-corrected chi connectivity index (χ4v) is 2.46. The average Bonchev–Trinajstić information content (AvgIpc) is 2.39. The van der Waals surface area contributed by atoms with E-state index in [2.05, 4.69) is 22.2 Å². The third kappa shape index (κ3) is 3.21. The molecule has 100 valence electrons. The number of likely N-dealkylation sites (N-methyl/N-ethyl adjacent to an activating group) is 1. The zero-order chi connectivity index (χ0) is 13.0. The first kappa shape index (κ1) is 13.3. The SMILES string of the molecule is CNCCC1CN(c2ccc(F)cc2)CCN1C. The van der Waals surface area contributed by atoms with Crippen molar-refractivity contribution >= 4 is 5.69 Å². The molecule has 0 radical (unpaired) electrons. The molecule has 1 aromatic rings. The van der Waals surface area contributed by atoms with Gasteiger partial charge in [-0.2, -0.15) is 0 Å². The molecular weight excluding hydrogens is 229 g/mol. The van der Waals surface area contributed by atoms with Crippen LogP contribution in [0.5, 0.6) is 0 Å². The molecule has 4 heteroatoms. The predicted molar refractivity (Wildman–Crippen MR) is 73.6 cm³/mol. The Morgan fingerprint density at radius 3 is 2.67 bits per heavy atom. The second kappa shape index (κ2) is 6.16. The van der Waals surface area contributed by atoms with Crippen molar-refractivity contribution < 1.29 is 4.39 Å². The van der Waals surface area contributed by atoms with Gasteiger partial charge in [-0.05, 0) is 51.3 Å². The van der Waals surface area contributed by atoms with Crippen molar-refractivity contribution in [3.63, 3.8) is 0 Å². The largest absolute Gasteiger partial charge is 0.369 e. The molecule has 0 spiro atoms. The van der Waals surface area contributed by atoms with Gasteiger partial charge in [-0.1, -0.05) is 0 Å². The van der Waals surface area contributed by atoms with E-state index in [0.717, 1.165) is 38.3 Å². The normalized spacial score (nSPS) is 21.3. The lowest BCUT2D eigenvalue weighted by Crippen LogP contribution is -2.52. The summed E-state index contributed by atoms with van der Waals surface area (Å²) in [6.45, 7) is 4.13. The fourth-order valence-electron chi connectivity index (χ4n) is 2.46. The van der Waals surface area contributed by atoms with Gasteiger partial charge in [-0.15, -0.1) is 0 Å². The molecule has 2 rings (SSSR count). The van der Waals surface area contributed by atoms with Crippen molar-refractivity contribution in [1.82, 2.24) is 10.2 Å². The summed E-state index contributed by atoms with van der Waals surface area (Å²) in [4.78, 5) is 4.76. The van der Waals surface area contributed by atoms with Crippen molar-refractivity contribution in [2.75, 3.05) is 45.2 Å². The van der Waals surface area contributed by atoms with Crippen molar-refractivity contribution in [3.05, 3.63) is 30.1 Å². The standard InChI is InChI=1S/C14H22FN3/c1-16-8-7-14-11-18(10-9-17(14)2)13-5-3-12(15)4-6-13/h3-6,14,16H,7-11H2,1-2H3. The van der Waals surface area contributed by atoms with Gasteiger partial charge >= 0.3 is 0 Å². The maximum absolute atomic E-state index is 12.9. The van der Waals surface area contributed by atoms with E-state index >= 15 is 0 Å². The lowest BCUT2D eigenvalue weighted by molar-refractivity contribution is 0.208. The Morgan fingerprint density at radius 2 is 2.00 bits per heavy atom. The summed E-state index contributed by atoms with van der Waals surface area (Å²) < 4.78 is 12.9. The molecule has 0 bridgehead atoms. The summed E-state index contributed by atoms with van der Waals surface area (Å²) in [5.74, 6) is -0.167. The Labute approximate surface area is 109 Å². The van der Waals surface area contributed by atoms with Gasteiger partial charge in [0.1, 0.15) is 5.82 Å². The Balaban J connectivity index is 2.00. The van der Waals surface area contributed by atoms with E-state index in [4.69, 9.17) is 0 Å². The van der Waals surface area contributed by atoms with Gasteiger partial charge < -0.3 is 10.2 Å². The van der Waals surface area contributed by atoms with Crippen LogP contribution in [0.15, 0.2) is 24.3 Å². The lowest BCUT2D eigenvalue weighted by Gasteiger charge is -2.40. The number of halogens is 1. The van der Waals surface area contributed by atoms with Crippen LogP contribution < -0.4 is 10.2 Å². The molecule has 1 aliphatic heterocycles. The van der Waals surface area contributed by atoms with Crippen LogP contribution in [0.4, 0.5) is 10.1 Å². The summed E-state index contributed by atoms with van der Waals surface area (Å²) in [5.41, 5.74) is 1.12. The molecule has 0 aromatic heterocycles. The molecular formula is C14H22FN3. The third-order valence-corrected chi connectivity index (χ3v) is 3.70. The lowest BCUT2D eigenvalue weighted by atomic mass is 10.1. The summed E-state index contributed by atoms with van der Waals surface area (Å²) >= 11 is 0. The summed E-state index contributed by atoms with van der Waals surface area (Å²) in [7, 11) is 4.17. The van der Waals surface area contributed by atoms with Crippen LogP contribution in [-0.4, -0.2) is 51.2 Å². The minimum Gasteiger partial charge on any atom is -0.369 e. The molecule has 1 aromatic carbocycles. The molecule has 1 unspecified atom stereocenters. The average molecular weight is 251 g/mol. The Morgan fingerprint density at radius 1 is 1.28 bits per heavy atom. The van der Waals surface area contributed by atoms with Gasteiger partial charge in [-0.25, -0.2) is 4.39 Å². The highest BCUT2D eigenvalue weighted by atomic mass is 19.1. The van der Waals surface area contributed by atoms with Gasteiger partial charge in [0.2, 0.25) is 0 Å². The van der Waals surface area contributed by atoms with Crippen molar-refractivity contribution in [2.24, 2.45) is 0 Å². The van der Waals surface area contributed by atoms with Gasteiger partial charge in [0.15, 0.2) is 0 Å². The van der Waals surface area contributed by atoms with Crippen LogP contribution in [0.25, 0.3) is 0 Å². The van der Waals surface area contributed by atoms with Crippen LogP contribution in [0, 0.1) is 5.82 Å². The van der Waals surface area contributed by atoms with Crippen LogP contribution in [0.1, 0.15) is 6.42 Å². The molecule has 0 saturated carbocycles. The number of nitrogens with zero attached hydrogens (tertiary/aromatic N) is 2. The summed E-state index contributed by atoms with van der Waals surface area (Å²) in [6, 6.07) is 7.38. The van der Waals surface area contributed by atoms with Gasteiger partial charge in [0.05, 0.1) is 0 Å². The number of piperazine rings is 1. The van der Waals surface area contributed by atoms with E-state index in [1.165, 1.54) is 12.1 Å². The molecule has 0 amide bonds. The molecule has 18 heavy (non-hydrogen) atoms. The smallest absolute Gasteiger partial charge is 0.123 e. The predicted octanol–water partition coefficient (Wildman–Crippen LogP) is 1.56. The van der Waals surface area contributed by atoms with E-state index in [1.807, 2.05) is 19.2 Å². The van der Waals surface area contributed by atoms with Gasteiger partial charge in [0, 0.05) is 31.4 Å². The monoisotopic (exact) mass is 251 g/mol. The maximum atomic E-state index is 12.9. The van der Waals surface area contributed by atoms with Crippen molar-refractivity contribution in [1.29, 1.82) is 0 Å². The first-order chi connectivity index (χ1) is 8.70. The highest BCUT2D eigenvalue weighted by Crippen LogP contribution is 2.19. The molecule has 1 heterocycles. The summed E-state index contributed by atoms with van der Waals surface area (Å²) in [5, 5.41) is 3.20. The number of hydrogen-bond donors (Lipinski definition) is 1. The number of benzene rings is 1. The van der Waals surface area contributed by atoms with Gasteiger partial charge in [-0.3, -0.25) is 4.90 Å². The van der Waals surface area contributed by atoms with E-state index in [1.54, 1.807) is 0 Å². The summed E-state index contributed by atoms with van der Waals surface area (Å²) in [6.07, 6.45) is 1.14. The fraction of sp³-hybridized carbons (Fsp3) is 0.571. The zero-order valence-corrected chi connectivity index (χ0v) is 11.2. The molecule has 1 aliphatic rings.